The third-order valence-electron chi connectivity index (χ3n) is 2.46. The van der Waals surface area contributed by atoms with Crippen molar-refractivity contribution in [1.29, 1.82) is 0 Å². The first-order valence-corrected chi connectivity index (χ1v) is 5.71. The SMILES string of the molecule is C=C(Cl)CNC(=O)c1cc(OC)c(C)c(OC)c1. The number of amides is 1. The lowest BCUT2D eigenvalue weighted by molar-refractivity contribution is 0.0957. The molecule has 0 radical (unpaired) electrons. The highest BCUT2D eigenvalue weighted by Gasteiger charge is 2.13. The van der Waals surface area contributed by atoms with E-state index in [1.807, 2.05) is 6.92 Å². The molecule has 0 aliphatic rings. The molecule has 0 aliphatic heterocycles. The first kappa shape index (κ1) is 14.4. The van der Waals surface area contributed by atoms with Gasteiger partial charge in [-0.05, 0) is 19.1 Å². The van der Waals surface area contributed by atoms with Crippen LogP contribution in [0, 0.1) is 6.92 Å². The zero-order valence-corrected chi connectivity index (χ0v) is 11.4. The number of benzene rings is 1. The van der Waals surface area contributed by atoms with Gasteiger partial charge in [0, 0.05) is 16.2 Å². The van der Waals surface area contributed by atoms with Gasteiger partial charge >= 0.3 is 0 Å². The number of hydrogen-bond donors (Lipinski definition) is 1. The van der Waals surface area contributed by atoms with Crippen LogP contribution in [0.4, 0.5) is 0 Å². The summed E-state index contributed by atoms with van der Waals surface area (Å²) in [6, 6.07) is 3.31. The minimum absolute atomic E-state index is 0.221. The lowest BCUT2D eigenvalue weighted by atomic mass is 10.1. The van der Waals surface area contributed by atoms with Gasteiger partial charge in [-0.1, -0.05) is 18.2 Å². The Bertz CT molecular complexity index is 446. The Balaban J connectivity index is 3.02. The topological polar surface area (TPSA) is 47.6 Å². The minimum Gasteiger partial charge on any atom is -0.496 e. The molecule has 0 fully saturated rings. The summed E-state index contributed by atoms with van der Waals surface area (Å²) in [7, 11) is 3.09. The van der Waals surface area contributed by atoms with Crippen LogP contribution in [-0.2, 0) is 0 Å². The first-order valence-electron chi connectivity index (χ1n) is 5.33. The fourth-order valence-electron chi connectivity index (χ4n) is 1.50. The van der Waals surface area contributed by atoms with Gasteiger partial charge in [0.25, 0.3) is 5.91 Å². The van der Waals surface area contributed by atoms with Crippen molar-refractivity contribution in [2.45, 2.75) is 6.92 Å². The third kappa shape index (κ3) is 3.40. The second-order valence-electron chi connectivity index (χ2n) is 3.71. The molecule has 1 rings (SSSR count). The first-order chi connectivity index (χ1) is 8.49. The summed E-state index contributed by atoms with van der Waals surface area (Å²) in [5.41, 5.74) is 1.30. The summed E-state index contributed by atoms with van der Waals surface area (Å²) >= 11 is 5.59. The van der Waals surface area contributed by atoms with Crippen molar-refractivity contribution in [2.75, 3.05) is 20.8 Å². The van der Waals surface area contributed by atoms with Gasteiger partial charge in [-0.3, -0.25) is 4.79 Å². The molecule has 1 N–H and O–H groups in total. The molecule has 0 aromatic heterocycles. The molecule has 18 heavy (non-hydrogen) atoms. The summed E-state index contributed by atoms with van der Waals surface area (Å²) in [4.78, 5) is 11.9. The number of ether oxygens (including phenoxy) is 2. The Hall–Kier alpha value is -1.68. The van der Waals surface area contributed by atoms with Crippen molar-refractivity contribution < 1.29 is 14.3 Å². The molecule has 0 bridgehead atoms. The largest absolute Gasteiger partial charge is 0.496 e. The van der Waals surface area contributed by atoms with Gasteiger partial charge in [0.05, 0.1) is 20.8 Å². The van der Waals surface area contributed by atoms with Crippen LogP contribution in [-0.4, -0.2) is 26.7 Å². The summed E-state index contributed by atoms with van der Waals surface area (Å²) in [6.07, 6.45) is 0. The molecule has 98 valence electrons. The van der Waals surface area contributed by atoms with Crippen LogP contribution in [0.5, 0.6) is 11.5 Å². The zero-order valence-electron chi connectivity index (χ0n) is 10.7. The van der Waals surface area contributed by atoms with E-state index >= 15 is 0 Å². The predicted octanol–water partition coefficient (Wildman–Crippen LogP) is 2.49. The van der Waals surface area contributed by atoms with Crippen LogP contribution < -0.4 is 14.8 Å². The monoisotopic (exact) mass is 269 g/mol. The summed E-state index contributed by atoms with van der Waals surface area (Å²) in [5, 5.41) is 3.01. The summed E-state index contributed by atoms with van der Waals surface area (Å²) in [6.45, 7) is 5.59. The second kappa shape index (κ2) is 6.31. The van der Waals surface area contributed by atoms with Crippen LogP contribution in [0.3, 0.4) is 0 Å². The van der Waals surface area contributed by atoms with E-state index in [0.717, 1.165) is 5.56 Å². The average Bonchev–Trinajstić information content (AvgIpc) is 2.36. The van der Waals surface area contributed by atoms with Crippen molar-refractivity contribution >= 4 is 17.5 Å². The van der Waals surface area contributed by atoms with E-state index < -0.39 is 0 Å². The maximum atomic E-state index is 11.9. The van der Waals surface area contributed by atoms with Gasteiger partial charge in [-0.15, -0.1) is 0 Å². The van der Waals surface area contributed by atoms with Gasteiger partial charge in [0.1, 0.15) is 11.5 Å². The van der Waals surface area contributed by atoms with Crippen LogP contribution >= 0.6 is 11.6 Å². The Kier molecular flexibility index (Phi) is 5.04. The molecule has 0 spiro atoms. The molecule has 0 heterocycles. The maximum Gasteiger partial charge on any atom is 0.251 e. The average molecular weight is 270 g/mol. The molecular weight excluding hydrogens is 254 g/mol. The van der Waals surface area contributed by atoms with E-state index in [2.05, 4.69) is 11.9 Å². The Morgan fingerprint density at radius 3 is 2.22 bits per heavy atom. The van der Waals surface area contributed by atoms with Crippen LogP contribution in [0.1, 0.15) is 15.9 Å². The normalized spacial score (nSPS) is 9.78. The number of methoxy groups -OCH3 is 2. The van der Waals surface area contributed by atoms with Crippen molar-refractivity contribution in [1.82, 2.24) is 5.32 Å². The molecule has 0 unspecified atom stereocenters. The van der Waals surface area contributed by atoms with Crippen LogP contribution in [0.2, 0.25) is 0 Å². The molecule has 0 atom stereocenters. The van der Waals surface area contributed by atoms with Crippen LogP contribution in [0.15, 0.2) is 23.7 Å². The van der Waals surface area contributed by atoms with E-state index in [1.165, 1.54) is 0 Å². The smallest absolute Gasteiger partial charge is 0.251 e. The number of halogens is 1. The quantitative estimate of drug-likeness (QED) is 0.893. The summed E-state index contributed by atoms with van der Waals surface area (Å²) in [5.74, 6) is 0.946. The van der Waals surface area contributed by atoms with E-state index in [-0.39, 0.29) is 12.5 Å². The van der Waals surface area contributed by atoms with Gasteiger partial charge in [-0.25, -0.2) is 0 Å². The second-order valence-corrected chi connectivity index (χ2v) is 4.24. The van der Waals surface area contributed by atoms with Gasteiger partial charge in [-0.2, -0.15) is 0 Å². The van der Waals surface area contributed by atoms with Crippen molar-refractivity contribution in [3.05, 3.63) is 34.9 Å². The minimum atomic E-state index is -0.256. The Morgan fingerprint density at radius 2 is 1.83 bits per heavy atom. The van der Waals surface area contributed by atoms with Gasteiger partial charge in [0.2, 0.25) is 0 Å². The molecule has 5 heteroatoms. The molecule has 0 aliphatic carbocycles. The predicted molar refractivity (Wildman–Crippen MR) is 71.6 cm³/mol. The molecule has 1 amide bonds. The number of nitrogens with one attached hydrogen (secondary N) is 1. The highest BCUT2D eigenvalue weighted by Crippen LogP contribution is 2.29. The third-order valence-corrected chi connectivity index (χ3v) is 2.59. The van der Waals surface area contributed by atoms with Gasteiger partial charge in [0.15, 0.2) is 0 Å². The lowest BCUT2D eigenvalue weighted by Gasteiger charge is -2.12. The van der Waals surface area contributed by atoms with Gasteiger partial charge < -0.3 is 14.8 Å². The number of rotatable bonds is 5. The molecular formula is C13H16ClNO3. The zero-order chi connectivity index (χ0) is 13.7. The van der Waals surface area contributed by atoms with E-state index in [0.29, 0.717) is 22.1 Å². The summed E-state index contributed by atoms with van der Waals surface area (Å²) < 4.78 is 10.4. The molecule has 0 saturated heterocycles. The number of carbonyl (C=O) groups excluding carboxylic acids is 1. The molecule has 0 saturated carbocycles. The highest BCUT2D eigenvalue weighted by atomic mass is 35.5. The fourth-order valence-corrected chi connectivity index (χ4v) is 1.56. The van der Waals surface area contributed by atoms with E-state index in [4.69, 9.17) is 21.1 Å². The van der Waals surface area contributed by atoms with Crippen molar-refractivity contribution in [2.24, 2.45) is 0 Å². The number of carbonyl (C=O) groups is 1. The molecule has 1 aromatic carbocycles. The van der Waals surface area contributed by atoms with E-state index in [1.54, 1.807) is 26.4 Å². The maximum absolute atomic E-state index is 11.9. The highest BCUT2D eigenvalue weighted by molar-refractivity contribution is 6.29. The van der Waals surface area contributed by atoms with Crippen LogP contribution in [0.25, 0.3) is 0 Å². The molecule has 4 nitrogen and oxygen atoms in total. The Morgan fingerprint density at radius 1 is 1.33 bits per heavy atom. The molecule has 1 aromatic rings. The van der Waals surface area contributed by atoms with Crippen molar-refractivity contribution in [3.8, 4) is 11.5 Å². The van der Waals surface area contributed by atoms with E-state index in [9.17, 15) is 4.79 Å². The standard InChI is InChI=1S/C13H16ClNO3/c1-8(14)7-15-13(16)10-5-11(17-3)9(2)12(6-10)18-4/h5-6H,1,7H2,2-4H3,(H,15,16). The number of hydrogen-bond acceptors (Lipinski definition) is 3. The lowest BCUT2D eigenvalue weighted by Crippen LogP contribution is -2.24. The van der Waals surface area contributed by atoms with Crippen molar-refractivity contribution in [3.63, 3.8) is 0 Å². The Labute approximate surface area is 112 Å². The fraction of sp³-hybridized carbons (Fsp3) is 0.308.